The largest absolute Gasteiger partial charge is 0.355 e. The Morgan fingerprint density at radius 3 is 2.95 bits per heavy atom. The number of nitrogens with zero attached hydrogens (tertiary/aromatic N) is 5. The molecule has 2 rings (SSSR count). The second kappa shape index (κ2) is 8.17. The van der Waals surface area contributed by atoms with E-state index in [9.17, 15) is 0 Å². The SMILES string of the molecule is CCN(C)CCNC(=NC)N1CCC(C)C(n2ccnc2)C1. The Labute approximate surface area is 134 Å². The lowest BCUT2D eigenvalue weighted by Crippen LogP contribution is -2.50. The van der Waals surface area contributed by atoms with E-state index in [4.69, 9.17) is 0 Å². The Morgan fingerprint density at radius 1 is 1.50 bits per heavy atom. The van der Waals surface area contributed by atoms with Crippen molar-refractivity contribution in [3.63, 3.8) is 0 Å². The van der Waals surface area contributed by atoms with Crippen LogP contribution in [-0.4, -0.2) is 72.1 Å². The molecule has 0 aromatic carbocycles. The number of guanidine groups is 1. The van der Waals surface area contributed by atoms with Crippen molar-refractivity contribution in [3.05, 3.63) is 18.7 Å². The first-order valence-corrected chi connectivity index (χ1v) is 8.27. The molecule has 0 radical (unpaired) electrons. The number of aromatic nitrogens is 2. The summed E-state index contributed by atoms with van der Waals surface area (Å²) in [5.41, 5.74) is 0. The topological polar surface area (TPSA) is 48.7 Å². The highest BCUT2D eigenvalue weighted by atomic mass is 15.3. The third kappa shape index (κ3) is 4.22. The predicted molar refractivity (Wildman–Crippen MR) is 91.2 cm³/mol. The molecule has 1 saturated heterocycles. The smallest absolute Gasteiger partial charge is 0.193 e. The quantitative estimate of drug-likeness (QED) is 0.658. The average molecular weight is 306 g/mol. The first-order chi connectivity index (χ1) is 10.7. The summed E-state index contributed by atoms with van der Waals surface area (Å²) in [6.07, 6.45) is 7.03. The van der Waals surface area contributed by atoms with E-state index in [1.807, 2.05) is 19.6 Å². The Morgan fingerprint density at radius 2 is 2.32 bits per heavy atom. The number of hydrogen-bond donors (Lipinski definition) is 1. The molecule has 2 heterocycles. The molecule has 0 amide bonds. The van der Waals surface area contributed by atoms with Crippen LogP contribution >= 0.6 is 0 Å². The van der Waals surface area contributed by atoms with Crippen molar-refractivity contribution in [2.45, 2.75) is 26.3 Å². The predicted octanol–water partition coefficient (Wildman–Crippen LogP) is 1.29. The highest BCUT2D eigenvalue weighted by Gasteiger charge is 2.28. The van der Waals surface area contributed by atoms with E-state index >= 15 is 0 Å². The van der Waals surface area contributed by atoms with Crippen LogP contribution in [0.25, 0.3) is 0 Å². The van der Waals surface area contributed by atoms with Crippen LogP contribution in [0.3, 0.4) is 0 Å². The first kappa shape index (κ1) is 16.8. The summed E-state index contributed by atoms with van der Waals surface area (Å²) >= 11 is 0. The van der Waals surface area contributed by atoms with Gasteiger partial charge < -0.3 is 19.7 Å². The van der Waals surface area contributed by atoms with Crippen LogP contribution in [0.2, 0.25) is 0 Å². The van der Waals surface area contributed by atoms with E-state index in [1.54, 1.807) is 0 Å². The summed E-state index contributed by atoms with van der Waals surface area (Å²) in [6, 6.07) is 0.466. The molecule has 1 aromatic rings. The lowest BCUT2D eigenvalue weighted by molar-refractivity contribution is 0.188. The molecule has 0 bridgehead atoms. The highest BCUT2D eigenvalue weighted by Crippen LogP contribution is 2.27. The second-order valence-electron chi connectivity index (χ2n) is 6.16. The summed E-state index contributed by atoms with van der Waals surface area (Å²) in [7, 11) is 4.01. The van der Waals surface area contributed by atoms with E-state index in [0.717, 1.165) is 38.7 Å². The van der Waals surface area contributed by atoms with Gasteiger partial charge >= 0.3 is 0 Å². The number of rotatable bonds is 5. The van der Waals surface area contributed by atoms with Gasteiger partial charge in [-0.25, -0.2) is 4.98 Å². The van der Waals surface area contributed by atoms with E-state index in [0.29, 0.717) is 12.0 Å². The molecule has 0 saturated carbocycles. The molecule has 6 nitrogen and oxygen atoms in total. The van der Waals surface area contributed by atoms with Crippen molar-refractivity contribution in [2.75, 3.05) is 46.8 Å². The molecule has 22 heavy (non-hydrogen) atoms. The molecular formula is C16H30N6. The standard InChI is InChI=1S/C16H30N6/c1-5-20(4)10-8-19-16(17-3)21-9-6-14(2)15(12-21)22-11-7-18-13-22/h7,11,13-15H,5-6,8-10,12H2,1-4H3,(H,17,19). The molecule has 124 valence electrons. The number of imidazole rings is 1. The molecule has 2 atom stereocenters. The number of aliphatic imine (C=N–C) groups is 1. The number of hydrogen-bond acceptors (Lipinski definition) is 3. The van der Waals surface area contributed by atoms with Gasteiger partial charge in [-0.05, 0) is 25.9 Å². The summed E-state index contributed by atoms with van der Waals surface area (Å²) in [6.45, 7) is 9.59. The maximum absolute atomic E-state index is 4.46. The summed E-state index contributed by atoms with van der Waals surface area (Å²) < 4.78 is 2.23. The third-order valence-corrected chi connectivity index (χ3v) is 4.65. The van der Waals surface area contributed by atoms with Gasteiger partial charge in [-0.3, -0.25) is 4.99 Å². The van der Waals surface area contributed by atoms with Crippen LogP contribution in [0.1, 0.15) is 26.3 Å². The molecule has 1 aliphatic heterocycles. The first-order valence-electron chi connectivity index (χ1n) is 8.27. The maximum Gasteiger partial charge on any atom is 0.193 e. The van der Waals surface area contributed by atoms with Crippen molar-refractivity contribution in [3.8, 4) is 0 Å². The fraction of sp³-hybridized carbons (Fsp3) is 0.750. The molecule has 0 aliphatic carbocycles. The summed E-state index contributed by atoms with van der Waals surface area (Å²) in [5.74, 6) is 1.68. The zero-order valence-electron chi connectivity index (χ0n) is 14.4. The van der Waals surface area contributed by atoms with Gasteiger partial charge in [0.1, 0.15) is 0 Å². The molecule has 1 fully saturated rings. The Hall–Kier alpha value is -1.56. The molecule has 6 heteroatoms. The highest BCUT2D eigenvalue weighted by molar-refractivity contribution is 5.80. The minimum Gasteiger partial charge on any atom is -0.355 e. The Kier molecular flexibility index (Phi) is 6.24. The number of likely N-dealkylation sites (N-methyl/N-ethyl adjacent to an activating group) is 1. The van der Waals surface area contributed by atoms with Crippen molar-refractivity contribution < 1.29 is 0 Å². The molecule has 1 aliphatic rings. The van der Waals surface area contributed by atoms with Crippen molar-refractivity contribution in [1.82, 2.24) is 24.7 Å². The van der Waals surface area contributed by atoms with Gasteiger partial charge in [-0.15, -0.1) is 0 Å². The molecule has 1 N–H and O–H groups in total. The average Bonchev–Trinajstić information content (AvgIpc) is 3.06. The van der Waals surface area contributed by atoms with E-state index < -0.39 is 0 Å². The van der Waals surface area contributed by atoms with Crippen molar-refractivity contribution >= 4 is 5.96 Å². The van der Waals surface area contributed by atoms with E-state index in [1.165, 1.54) is 6.42 Å². The van der Waals surface area contributed by atoms with Gasteiger partial charge in [-0.2, -0.15) is 0 Å². The molecule has 0 spiro atoms. The van der Waals surface area contributed by atoms with Crippen LogP contribution < -0.4 is 5.32 Å². The lowest BCUT2D eigenvalue weighted by atomic mass is 9.93. The molecule has 1 aromatic heterocycles. The minimum atomic E-state index is 0.466. The monoisotopic (exact) mass is 306 g/mol. The van der Waals surface area contributed by atoms with Crippen LogP contribution in [-0.2, 0) is 0 Å². The number of nitrogens with one attached hydrogen (secondary N) is 1. The van der Waals surface area contributed by atoms with Crippen molar-refractivity contribution in [1.29, 1.82) is 0 Å². The molecular weight excluding hydrogens is 276 g/mol. The number of piperidine rings is 1. The van der Waals surface area contributed by atoms with Gasteiger partial charge in [0.05, 0.1) is 12.4 Å². The lowest BCUT2D eigenvalue weighted by Gasteiger charge is -2.39. The fourth-order valence-corrected chi connectivity index (χ4v) is 2.94. The minimum absolute atomic E-state index is 0.466. The zero-order valence-corrected chi connectivity index (χ0v) is 14.4. The maximum atomic E-state index is 4.46. The van der Waals surface area contributed by atoms with Gasteiger partial charge in [0.25, 0.3) is 0 Å². The third-order valence-electron chi connectivity index (χ3n) is 4.65. The van der Waals surface area contributed by atoms with Crippen LogP contribution in [0, 0.1) is 5.92 Å². The Balaban J connectivity index is 1.92. The molecule has 2 unspecified atom stereocenters. The number of likely N-dealkylation sites (tertiary alicyclic amines) is 1. The van der Waals surface area contributed by atoms with Gasteiger partial charge in [0.2, 0.25) is 0 Å². The van der Waals surface area contributed by atoms with Gasteiger partial charge in [0.15, 0.2) is 5.96 Å². The van der Waals surface area contributed by atoms with Gasteiger partial charge in [-0.1, -0.05) is 13.8 Å². The van der Waals surface area contributed by atoms with Crippen molar-refractivity contribution in [2.24, 2.45) is 10.9 Å². The summed E-state index contributed by atoms with van der Waals surface area (Å²) in [5, 5.41) is 3.49. The fourth-order valence-electron chi connectivity index (χ4n) is 2.94. The Bertz CT molecular complexity index is 455. The van der Waals surface area contributed by atoms with Crippen LogP contribution in [0.5, 0.6) is 0 Å². The summed E-state index contributed by atoms with van der Waals surface area (Å²) in [4.78, 5) is 13.3. The van der Waals surface area contributed by atoms with E-state index in [2.05, 4.69) is 56.8 Å². The normalized spacial score (nSPS) is 23.1. The second-order valence-corrected chi connectivity index (χ2v) is 6.16. The van der Waals surface area contributed by atoms with Gasteiger partial charge in [0, 0.05) is 45.6 Å². The van der Waals surface area contributed by atoms with Crippen LogP contribution in [0.15, 0.2) is 23.7 Å². The van der Waals surface area contributed by atoms with E-state index in [-0.39, 0.29) is 0 Å². The zero-order chi connectivity index (χ0) is 15.9. The van der Waals surface area contributed by atoms with Crippen LogP contribution in [0.4, 0.5) is 0 Å².